The van der Waals surface area contributed by atoms with Crippen LogP contribution in [-0.4, -0.2) is 21.1 Å². The molecule has 18 heavy (non-hydrogen) atoms. The minimum absolute atomic E-state index is 0.178. The molecule has 96 valence electrons. The lowest BCUT2D eigenvalue weighted by Gasteiger charge is -2.17. The number of thiazole rings is 1. The van der Waals surface area contributed by atoms with Gasteiger partial charge in [0.2, 0.25) is 0 Å². The van der Waals surface area contributed by atoms with E-state index in [1.807, 2.05) is 19.4 Å². The highest BCUT2D eigenvalue weighted by molar-refractivity contribution is 7.09. The van der Waals surface area contributed by atoms with E-state index < -0.39 is 0 Å². The molecular formula is C13H18N4S. The Kier molecular flexibility index (Phi) is 3.18. The van der Waals surface area contributed by atoms with E-state index in [4.69, 9.17) is 0 Å². The van der Waals surface area contributed by atoms with Gasteiger partial charge in [0.1, 0.15) is 11.0 Å². The molecule has 0 saturated heterocycles. The van der Waals surface area contributed by atoms with Crippen LogP contribution >= 0.6 is 11.3 Å². The second-order valence-corrected chi connectivity index (χ2v) is 5.66. The van der Waals surface area contributed by atoms with Crippen molar-refractivity contribution in [3.8, 4) is 0 Å². The number of hydrogen-bond donors (Lipinski definition) is 1. The Balaban J connectivity index is 1.95. The Morgan fingerprint density at radius 1 is 1.56 bits per heavy atom. The summed E-state index contributed by atoms with van der Waals surface area (Å²) in [5, 5.41) is 6.77. The zero-order valence-electron chi connectivity index (χ0n) is 10.8. The number of aromatic nitrogens is 3. The minimum atomic E-state index is 0.178. The van der Waals surface area contributed by atoms with E-state index in [-0.39, 0.29) is 6.04 Å². The summed E-state index contributed by atoms with van der Waals surface area (Å²) in [6, 6.07) is 0.835. The molecule has 0 aliphatic heterocycles. The van der Waals surface area contributed by atoms with Gasteiger partial charge in [0.05, 0.1) is 18.2 Å². The average Bonchev–Trinajstić information content (AvgIpc) is 2.94. The molecule has 2 heterocycles. The van der Waals surface area contributed by atoms with Crippen molar-refractivity contribution in [2.75, 3.05) is 6.54 Å². The Hall–Kier alpha value is -1.20. The zero-order valence-corrected chi connectivity index (χ0v) is 11.6. The van der Waals surface area contributed by atoms with E-state index in [1.165, 1.54) is 18.5 Å². The van der Waals surface area contributed by atoms with Gasteiger partial charge in [-0.25, -0.2) is 9.97 Å². The molecule has 4 nitrogen and oxygen atoms in total. The van der Waals surface area contributed by atoms with Crippen LogP contribution in [0.4, 0.5) is 0 Å². The summed E-state index contributed by atoms with van der Waals surface area (Å²) < 4.78 is 2.31. The molecule has 3 rings (SSSR count). The molecule has 0 bridgehead atoms. The Bertz CT molecular complexity index is 527. The first-order valence-corrected chi connectivity index (χ1v) is 7.34. The molecule has 1 aliphatic rings. The monoisotopic (exact) mass is 262 g/mol. The van der Waals surface area contributed by atoms with Gasteiger partial charge in [-0.2, -0.15) is 0 Å². The maximum Gasteiger partial charge on any atom is 0.116 e. The number of rotatable bonds is 5. The molecule has 2 aromatic heterocycles. The van der Waals surface area contributed by atoms with Crippen molar-refractivity contribution in [1.29, 1.82) is 0 Å². The summed E-state index contributed by atoms with van der Waals surface area (Å²) in [7, 11) is 0. The molecule has 0 radical (unpaired) electrons. The lowest BCUT2D eigenvalue weighted by atomic mass is 10.2. The quantitative estimate of drug-likeness (QED) is 0.901. The number of hydrogen-bond acceptors (Lipinski definition) is 4. The first-order chi connectivity index (χ1) is 8.79. The molecule has 1 atom stereocenters. The highest BCUT2D eigenvalue weighted by Crippen LogP contribution is 2.38. The second-order valence-electron chi connectivity index (χ2n) is 4.77. The standard InChI is InChI=1S/C13H18N4S/c1-3-15-12(13-16-9(2)7-18-13)11-6-14-8-17(11)10-4-5-10/h6-8,10,12,15H,3-5H2,1-2H3. The normalized spacial score (nSPS) is 17.0. The van der Waals surface area contributed by atoms with Gasteiger partial charge in [-0.15, -0.1) is 11.3 Å². The topological polar surface area (TPSA) is 42.7 Å². The largest absolute Gasteiger partial charge is 0.330 e. The second kappa shape index (κ2) is 4.82. The zero-order chi connectivity index (χ0) is 12.5. The maximum atomic E-state index is 4.62. The van der Waals surface area contributed by atoms with E-state index in [9.17, 15) is 0 Å². The molecular weight excluding hydrogens is 244 g/mol. The fraction of sp³-hybridized carbons (Fsp3) is 0.538. The Morgan fingerprint density at radius 3 is 3.00 bits per heavy atom. The van der Waals surface area contributed by atoms with Gasteiger partial charge in [-0.3, -0.25) is 0 Å². The third-order valence-electron chi connectivity index (χ3n) is 3.22. The molecule has 2 aromatic rings. The minimum Gasteiger partial charge on any atom is -0.330 e. The van der Waals surface area contributed by atoms with Crippen LogP contribution in [0.5, 0.6) is 0 Å². The number of imidazole rings is 1. The number of aryl methyl sites for hydroxylation is 1. The van der Waals surface area contributed by atoms with Crippen LogP contribution < -0.4 is 5.32 Å². The van der Waals surface area contributed by atoms with Crippen LogP contribution in [0.1, 0.15) is 48.2 Å². The third-order valence-corrected chi connectivity index (χ3v) is 4.25. The fourth-order valence-corrected chi connectivity index (χ4v) is 3.10. The molecule has 1 unspecified atom stereocenters. The van der Waals surface area contributed by atoms with Crippen molar-refractivity contribution in [3.05, 3.63) is 34.3 Å². The van der Waals surface area contributed by atoms with Crippen LogP contribution in [0, 0.1) is 6.92 Å². The van der Waals surface area contributed by atoms with Gasteiger partial charge in [0.25, 0.3) is 0 Å². The van der Waals surface area contributed by atoms with Crippen molar-refractivity contribution < 1.29 is 0 Å². The maximum absolute atomic E-state index is 4.62. The third kappa shape index (κ3) is 2.20. The summed E-state index contributed by atoms with van der Waals surface area (Å²) in [6.45, 7) is 5.10. The van der Waals surface area contributed by atoms with Crippen molar-refractivity contribution >= 4 is 11.3 Å². The van der Waals surface area contributed by atoms with Crippen LogP contribution in [0.2, 0.25) is 0 Å². The molecule has 1 saturated carbocycles. The molecule has 0 amide bonds. The summed E-state index contributed by atoms with van der Waals surface area (Å²) in [5.74, 6) is 0. The average molecular weight is 262 g/mol. The van der Waals surface area contributed by atoms with Crippen molar-refractivity contribution in [2.45, 2.75) is 38.8 Å². The predicted octanol–water partition coefficient (Wildman–Crippen LogP) is 2.68. The van der Waals surface area contributed by atoms with Gasteiger partial charge >= 0.3 is 0 Å². The van der Waals surface area contributed by atoms with E-state index in [2.05, 4.69) is 32.2 Å². The van der Waals surface area contributed by atoms with Gasteiger partial charge in [-0.1, -0.05) is 6.92 Å². The molecule has 1 N–H and O–H groups in total. The smallest absolute Gasteiger partial charge is 0.116 e. The van der Waals surface area contributed by atoms with Crippen LogP contribution in [0.25, 0.3) is 0 Å². The molecule has 1 aliphatic carbocycles. The first kappa shape index (κ1) is 11.9. The molecule has 0 spiro atoms. The Morgan fingerprint density at radius 2 is 2.39 bits per heavy atom. The van der Waals surface area contributed by atoms with E-state index in [0.29, 0.717) is 6.04 Å². The lowest BCUT2D eigenvalue weighted by Crippen LogP contribution is -2.24. The van der Waals surface area contributed by atoms with E-state index in [0.717, 1.165) is 17.2 Å². The first-order valence-electron chi connectivity index (χ1n) is 6.46. The molecule has 1 fully saturated rings. The van der Waals surface area contributed by atoms with Crippen LogP contribution in [-0.2, 0) is 0 Å². The predicted molar refractivity (Wildman–Crippen MR) is 72.9 cm³/mol. The molecule has 5 heteroatoms. The van der Waals surface area contributed by atoms with Gasteiger partial charge in [0.15, 0.2) is 0 Å². The highest BCUT2D eigenvalue weighted by Gasteiger charge is 2.29. The SMILES string of the molecule is CCNC(c1nc(C)cs1)c1cncn1C1CC1. The van der Waals surface area contributed by atoms with Crippen molar-refractivity contribution in [3.63, 3.8) is 0 Å². The summed E-state index contributed by atoms with van der Waals surface area (Å²) in [5.41, 5.74) is 2.34. The van der Waals surface area contributed by atoms with Gasteiger partial charge in [-0.05, 0) is 26.3 Å². The van der Waals surface area contributed by atoms with E-state index >= 15 is 0 Å². The number of nitrogens with zero attached hydrogens (tertiary/aromatic N) is 3. The van der Waals surface area contributed by atoms with Crippen LogP contribution in [0.15, 0.2) is 17.9 Å². The summed E-state index contributed by atoms with van der Waals surface area (Å²) in [4.78, 5) is 8.94. The van der Waals surface area contributed by atoms with Crippen LogP contribution in [0.3, 0.4) is 0 Å². The Labute approximate surface area is 111 Å². The van der Waals surface area contributed by atoms with Gasteiger partial charge in [0, 0.05) is 17.1 Å². The summed E-state index contributed by atoms with van der Waals surface area (Å²) >= 11 is 1.72. The van der Waals surface area contributed by atoms with Crippen molar-refractivity contribution in [2.24, 2.45) is 0 Å². The summed E-state index contributed by atoms with van der Waals surface area (Å²) in [6.07, 6.45) is 6.48. The van der Waals surface area contributed by atoms with Crippen molar-refractivity contribution in [1.82, 2.24) is 19.9 Å². The number of nitrogens with one attached hydrogen (secondary N) is 1. The lowest BCUT2D eigenvalue weighted by molar-refractivity contribution is 0.567. The molecule has 0 aromatic carbocycles. The van der Waals surface area contributed by atoms with Gasteiger partial charge < -0.3 is 9.88 Å². The van der Waals surface area contributed by atoms with E-state index in [1.54, 1.807) is 11.3 Å². The highest BCUT2D eigenvalue weighted by atomic mass is 32.1. The fourth-order valence-electron chi connectivity index (χ4n) is 2.22.